The lowest BCUT2D eigenvalue weighted by molar-refractivity contribution is -0.384. The number of nitro benzene ring substituents is 1. The molecule has 1 aliphatic rings. The highest BCUT2D eigenvalue weighted by atomic mass is 32.2. The minimum atomic E-state index is -0.426. The van der Waals surface area contributed by atoms with Crippen molar-refractivity contribution in [3.8, 4) is 0 Å². The maximum atomic E-state index is 11.9. The normalized spacial score (nSPS) is 15.5. The van der Waals surface area contributed by atoms with E-state index < -0.39 is 4.92 Å². The first-order chi connectivity index (χ1) is 10.1. The third-order valence-corrected chi connectivity index (χ3v) is 4.16. The first kappa shape index (κ1) is 15.8. The Morgan fingerprint density at radius 2 is 2.14 bits per heavy atom. The van der Waals surface area contributed by atoms with E-state index in [1.54, 1.807) is 19.1 Å². The van der Waals surface area contributed by atoms with Crippen molar-refractivity contribution in [3.63, 3.8) is 0 Å². The molecule has 0 amide bonds. The summed E-state index contributed by atoms with van der Waals surface area (Å²) in [6.07, 6.45) is 2.19. The van der Waals surface area contributed by atoms with Crippen molar-refractivity contribution in [2.24, 2.45) is 0 Å². The van der Waals surface area contributed by atoms with E-state index in [9.17, 15) is 14.9 Å². The van der Waals surface area contributed by atoms with E-state index in [1.165, 1.54) is 23.9 Å². The molecule has 0 bridgehead atoms. The Bertz CT molecular complexity index is 502. The number of hydrogen-bond acceptors (Lipinski definition) is 6. The number of esters is 1. The molecule has 21 heavy (non-hydrogen) atoms. The molecule has 114 valence electrons. The molecule has 6 nitrogen and oxygen atoms in total. The van der Waals surface area contributed by atoms with Gasteiger partial charge >= 0.3 is 5.97 Å². The lowest BCUT2D eigenvalue weighted by atomic mass is 10.3. The second-order valence-corrected chi connectivity index (χ2v) is 5.90. The number of carbonyl (C=O) groups excluding carboxylic acids is 1. The van der Waals surface area contributed by atoms with Crippen molar-refractivity contribution in [1.82, 2.24) is 5.32 Å². The van der Waals surface area contributed by atoms with Gasteiger partial charge in [0, 0.05) is 28.8 Å². The average molecular weight is 310 g/mol. The maximum absolute atomic E-state index is 11.9. The summed E-state index contributed by atoms with van der Waals surface area (Å²) in [6.45, 7) is 2.15. The van der Waals surface area contributed by atoms with Crippen LogP contribution in [0.1, 0.15) is 19.8 Å². The summed E-state index contributed by atoms with van der Waals surface area (Å²) in [5.41, 5.74) is 0.0670. The molecule has 0 heterocycles. The smallest absolute Gasteiger partial charge is 0.324 e. The van der Waals surface area contributed by atoms with Gasteiger partial charge in [0.2, 0.25) is 0 Å². The zero-order valence-corrected chi connectivity index (χ0v) is 12.6. The molecular weight excluding hydrogens is 292 g/mol. The molecular formula is C14H18N2O4S. The van der Waals surface area contributed by atoms with Crippen LogP contribution in [0.5, 0.6) is 0 Å². The van der Waals surface area contributed by atoms with Gasteiger partial charge in [0.15, 0.2) is 0 Å². The van der Waals surface area contributed by atoms with E-state index in [0.717, 1.165) is 17.7 Å². The summed E-state index contributed by atoms with van der Waals surface area (Å²) in [5, 5.41) is 13.9. The van der Waals surface area contributed by atoms with Crippen molar-refractivity contribution >= 4 is 23.4 Å². The van der Waals surface area contributed by atoms with Gasteiger partial charge in [0.05, 0.1) is 11.5 Å². The molecule has 1 saturated carbocycles. The fourth-order valence-corrected chi connectivity index (χ4v) is 2.73. The predicted octanol–water partition coefficient (Wildman–Crippen LogP) is 2.37. The van der Waals surface area contributed by atoms with Gasteiger partial charge in [-0.05, 0) is 31.9 Å². The fraction of sp³-hybridized carbons (Fsp3) is 0.500. The Kier molecular flexibility index (Phi) is 5.58. The Morgan fingerprint density at radius 3 is 2.67 bits per heavy atom. The van der Waals surface area contributed by atoms with E-state index in [-0.39, 0.29) is 17.7 Å². The highest BCUT2D eigenvalue weighted by Crippen LogP contribution is 2.24. The average Bonchev–Trinajstić information content (AvgIpc) is 3.28. The number of carbonyl (C=O) groups is 1. The van der Waals surface area contributed by atoms with Crippen molar-refractivity contribution < 1.29 is 14.5 Å². The summed E-state index contributed by atoms with van der Waals surface area (Å²) in [6, 6.07) is 6.41. The molecule has 7 heteroatoms. The van der Waals surface area contributed by atoms with Crippen LogP contribution in [0.25, 0.3) is 0 Å². The number of ether oxygens (including phenoxy) is 1. The van der Waals surface area contributed by atoms with E-state index in [4.69, 9.17) is 4.74 Å². The first-order valence-electron chi connectivity index (χ1n) is 6.90. The van der Waals surface area contributed by atoms with E-state index in [0.29, 0.717) is 18.4 Å². The topological polar surface area (TPSA) is 81.5 Å². The van der Waals surface area contributed by atoms with Crippen LogP contribution in [-0.4, -0.2) is 35.3 Å². The van der Waals surface area contributed by atoms with Crippen molar-refractivity contribution in [2.75, 3.05) is 12.4 Å². The van der Waals surface area contributed by atoms with Crippen LogP contribution in [0.3, 0.4) is 0 Å². The van der Waals surface area contributed by atoms with E-state index in [2.05, 4.69) is 5.32 Å². The third kappa shape index (κ3) is 5.02. The molecule has 1 fully saturated rings. The van der Waals surface area contributed by atoms with E-state index >= 15 is 0 Å². The summed E-state index contributed by atoms with van der Waals surface area (Å²) in [7, 11) is 0. The second-order valence-electron chi connectivity index (χ2n) is 4.81. The zero-order chi connectivity index (χ0) is 15.2. The van der Waals surface area contributed by atoms with Crippen LogP contribution in [0, 0.1) is 10.1 Å². The van der Waals surface area contributed by atoms with E-state index in [1.807, 2.05) is 0 Å². The van der Waals surface area contributed by atoms with Gasteiger partial charge < -0.3 is 10.1 Å². The van der Waals surface area contributed by atoms with Crippen LogP contribution >= 0.6 is 11.8 Å². The number of rotatable bonds is 8. The summed E-state index contributed by atoms with van der Waals surface area (Å²) in [4.78, 5) is 22.9. The molecule has 0 spiro atoms. The van der Waals surface area contributed by atoms with Crippen LogP contribution in [0.4, 0.5) is 5.69 Å². The Labute approximate surface area is 127 Å². The summed E-state index contributed by atoms with van der Waals surface area (Å²) < 4.78 is 5.07. The molecule has 0 radical (unpaired) electrons. The number of nitrogens with one attached hydrogen (secondary N) is 1. The second kappa shape index (κ2) is 7.42. The van der Waals surface area contributed by atoms with Gasteiger partial charge in [0.25, 0.3) is 5.69 Å². The Hall–Kier alpha value is -1.60. The molecule has 0 aliphatic heterocycles. The van der Waals surface area contributed by atoms with Crippen LogP contribution in [-0.2, 0) is 9.53 Å². The standard InChI is InChI=1S/C14H18N2O4S/c1-2-20-14(17)13(15-10-3-4-10)9-21-12-7-5-11(6-8-12)16(18)19/h5-8,10,13,15H,2-4,9H2,1H3. The Balaban J connectivity index is 1.90. The minimum absolute atomic E-state index is 0.0670. The number of hydrogen-bond donors (Lipinski definition) is 1. The van der Waals surface area contributed by atoms with Crippen LogP contribution < -0.4 is 5.32 Å². The summed E-state index contributed by atoms with van der Waals surface area (Å²) >= 11 is 1.49. The first-order valence-corrected chi connectivity index (χ1v) is 7.88. The summed E-state index contributed by atoms with van der Waals surface area (Å²) in [5.74, 6) is 0.312. The fourth-order valence-electron chi connectivity index (χ4n) is 1.81. The number of non-ortho nitro benzene ring substituents is 1. The molecule has 1 aromatic carbocycles. The number of nitro groups is 1. The monoisotopic (exact) mass is 310 g/mol. The lowest BCUT2D eigenvalue weighted by Gasteiger charge is -2.16. The number of benzene rings is 1. The molecule has 0 aromatic heterocycles. The van der Waals surface area contributed by atoms with Gasteiger partial charge in [-0.15, -0.1) is 11.8 Å². The SMILES string of the molecule is CCOC(=O)C(CSc1ccc([N+](=O)[O-])cc1)NC1CC1. The van der Waals surface area contributed by atoms with Crippen molar-refractivity contribution in [2.45, 2.75) is 36.7 Å². The highest BCUT2D eigenvalue weighted by Gasteiger charge is 2.29. The predicted molar refractivity (Wildman–Crippen MR) is 80.4 cm³/mol. The molecule has 0 saturated heterocycles. The van der Waals surface area contributed by atoms with Gasteiger partial charge in [-0.2, -0.15) is 0 Å². The maximum Gasteiger partial charge on any atom is 0.324 e. The highest BCUT2D eigenvalue weighted by molar-refractivity contribution is 7.99. The largest absolute Gasteiger partial charge is 0.465 e. The molecule has 1 aromatic rings. The van der Waals surface area contributed by atoms with Gasteiger partial charge in [-0.25, -0.2) is 0 Å². The molecule has 1 atom stereocenters. The third-order valence-electron chi connectivity index (χ3n) is 3.05. The molecule has 2 rings (SSSR count). The van der Waals surface area contributed by atoms with Crippen molar-refractivity contribution in [3.05, 3.63) is 34.4 Å². The number of thioether (sulfide) groups is 1. The molecule has 1 aliphatic carbocycles. The zero-order valence-electron chi connectivity index (χ0n) is 11.8. The minimum Gasteiger partial charge on any atom is -0.465 e. The number of nitrogens with zero attached hydrogens (tertiary/aromatic N) is 1. The van der Waals surface area contributed by atoms with Crippen LogP contribution in [0.15, 0.2) is 29.2 Å². The van der Waals surface area contributed by atoms with Gasteiger partial charge in [-0.1, -0.05) is 0 Å². The molecule has 1 unspecified atom stereocenters. The molecule has 1 N–H and O–H groups in total. The van der Waals surface area contributed by atoms with Crippen LogP contribution in [0.2, 0.25) is 0 Å². The van der Waals surface area contributed by atoms with Crippen molar-refractivity contribution in [1.29, 1.82) is 0 Å². The Morgan fingerprint density at radius 1 is 1.48 bits per heavy atom. The van der Waals surface area contributed by atoms with Gasteiger partial charge in [0.1, 0.15) is 6.04 Å². The quantitative estimate of drug-likeness (QED) is 0.343. The van der Waals surface area contributed by atoms with Gasteiger partial charge in [-0.3, -0.25) is 14.9 Å². The lowest BCUT2D eigenvalue weighted by Crippen LogP contribution is -2.41.